The normalized spacial score (nSPS) is 10.1. The molecule has 0 aliphatic carbocycles. The minimum Gasteiger partial charge on any atom is -0.508 e. The van der Waals surface area contributed by atoms with Crippen LogP contribution in [0, 0.1) is 0 Å². The number of ether oxygens (including phenoxy) is 1. The van der Waals surface area contributed by atoms with Crippen LogP contribution in [0.3, 0.4) is 0 Å². The summed E-state index contributed by atoms with van der Waals surface area (Å²) in [7, 11) is 0. The average molecular weight is 307 g/mol. The number of rotatable bonds is 3. The van der Waals surface area contributed by atoms with Gasteiger partial charge in [-0.25, -0.2) is 9.78 Å². The van der Waals surface area contributed by atoms with Gasteiger partial charge in [-0.2, -0.15) is 0 Å². The summed E-state index contributed by atoms with van der Waals surface area (Å²) in [6, 6.07) is 15.2. The van der Waals surface area contributed by atoms with E-state index in [-0.39, 0.29) is 11.6 Å². The fourth-order valence-corrected chi connectivity index (χ4v) is 1.98. The number of carbonyl (C=O) groups excluding carboxylic acids is 1. The molecular weight excluding hydrogens is 294 g/mol. The molecule has 6 heteroatoms. The Hall–Kier alpha value is -3.41. The number of phenolic OH excluding ortho intramolecular Hbond substituents is 1. The van der Waals surface area contributed by atoms with Crippen LogP contribution in [0.15, 0.2) is 67.0 Å². The monoisotopic (exact) mass is 307 g/mol. The molecule has 6 nitrogen and oxygen atoms in total. The molecule has 0 atom stereocenters. The van der Waals surface area contributed by atoms with Crippen molar-refractivity contribution in [3.05, 3.63) is 67.0 Å². The first kappa shape index (κ1) is 14.5. The van der Waals surface area contributed by atoms with Crippen molar-refractivity contribution in [2.75, 3.05) is 5.32 Å². The lowest BCUT2D eigenvalue weighted by atomic mass is 10.1. The van der Waals surface area contributed by atoms with Crippen molar-refractivity contribution in [2.45, 2.75) is 0 Å². The van der Waals surface area contributed by atoms with Gasteiger partial charge in [0.15, 0.2) is 5.82 Å². The van der Waals surface area contributed by atoms with E-state index in [2.05, 4.69) is 15.3 Å². The lowest BCUT2D eigenvalue weighted by Crippen LogP contribution is -2.18. The van der Waals surface area contributed by atoms with E-state index in [1.165, 1.54) is 24.5 Å². The van der Waals surface area contributed by atoms with Crippen molar-refractivity contribution in [2.24, 2.45) is 0 Å². The molecule has 2 aromatic carbocycles. The molecule has 0 aliphatic rings. The van der Waals surface area contributed by atoms with E-state index < -0.39 is 6.09 Å². The van der Waals surface area contributed by atoms with Gasteiger partial charge in [-0.05, 0) is 36.4 Å². The van der Waals surface area contributed by atoms with Crippen molar-refractivity contribution >= 4 is 11.9 Å². The zero-order chi connectivity index (χ0) is 16.1. The minimum atomic E-state index is -0.656. The Bertz CT molecular complexity index is 805. The Morgan fingerprint density at radius 1 is 0.957 bits per heavy atom. The van der Waals surface area contributed by atoms with Crippen LogP contribution in [0.2, 0.25) is 0 Å². The van der Waals surface area contributed by atoms with Crippen molar-refractivity contribution in [3.63, 3.8) is 0 Å². The van der Waals surface area contributed by atoms with E-state index in [1.54, 1.807) is 36.4 Å². The highest BCUT2D eigenvalue weighted by Gasteiger charge is 2.12. The van der Waals surface area contributed by atoms with E-state index in [0.29, 0.717) is 17.0 Å². The van der Waals surface area contributed by atoms with Crippen LogP contribution in [0.5, 0.6) is 11.5 Å². The first-order valence-corrected chi connectivity index (χ1v) is 6.86. The number of benzene rings is 2. The molecule has 0 radical (unpaired) electrons. The summed E-state index contributed by atoms with van der Waals surface area (Å²) < 4.78 is 5.17. The molecule has 114 valence electrons. The van der Waals surface area contributed by atoms with Gasteiger partial charge in [0.2, 0.25) is 0 Å². The zero-order valence-electron chi connectivity index (χ0n) is 12.0. The Labute approximate surface area is 132 Å². The third kappa shape index (κ3) is 3.62. The third-order valence-electron chi connectivity index (χ3n) is 3.01. The smallest absolute Gasteiger partial charge is 0.418 e. The van der Waals surface area contributed by atoms with Gasteiger partial charge in [0.05, 0.1) is 0 Å². The zero-order valence-corrected chi connectivity index (χ0v) is 12.0. The second-order valence-electron chi connectivity index (χ2n) is 4.63. The lowest BCUT2D eigenvalue weighted by molar-refractivity contribution is 0.215. The van der Waals surface area contributed by atoms with Crippen molar-refractivity contribution in [1.82, 2.24) is 9.97 Å². The van der Waals surface area contributed by atoms with Crippen molar-refractivity contribution in [3.8, 4) is 22.8 Å². The van der Waals surface area contributed by atoms with Gasteiger partial charge in [-0.3, -0.25) is 10.3 Å². The quantitative estimate of drug-likeness (QED) is 0.774. The molecule has 0 saturated heterocycles. The van der Waals surface area contributed by atoms with Crippen LogP contribution in [-0.4, -0.2) is 21.2 Å². The highest BCUT2D eigenvalue weighted by Crippen LogP contribution is 2.25. The van der Waals surface area contributed by atoms with Crippen LogP contribution < -0.4 is 10.1 Å². The van der Waals surface area contributed by atoms with E-state index >= 15 is 0 Å². The Morgan fingerprint density at radius 3 is 2.39 bits per heavy atom. The second kappa shape index (κ2) is 6.57. The minimum absolute atomic E-state index is 0.149. The fourth-order valence-electron chi connectivity index (χ4n) is 1.98. The van der Waals surface area contributed by atoms with Gasteiger partial charge in [0.1, 0.15) is 17.2 Å². The van der Waals surface area contributed by atoms with Crippen molar-refractivity contribution < 1.29 is 14.6 Å². The number of aromatic hydroxyl groups is 1. The van der Waals surface area contributed by atoms with Gasteiger partial charge in [0, 0.05) is 18.0 Å². The van der Waals surface area contributed by atoms with E-state index in [4.69, 9.17) is 4.74 Å². The van der Waals surface area contributed by atoms with Gasteiger partial charge in [-0.15, -0.1) is 0 Å². The maximum absolute atomic E-state index is 12.0. The van der Waals surface area contributed by atoms with E-state index in [0.717, 1.165) is 0 Å². The summed E-state index contributed by atoms with van der Waals surface area (Å²) >= 11 is 0. The van der Waals surface area contributed by atoms with Crippen LogP contribution in [-0.2, 0) is 0 Å². The molecule has 0 fully saturated rings. The fraction of sp³-hybridized carbons (Fsp3) is 0. The largest absolute Gasteiger partial charge is 0.508 e. The number of carbonyl (C=O) groups is 1. The first-order chi connectivity index (χ1) is 11.2. The Balaban J connectivity index is 1.80. The van der Waals surface area contributed by atoms with Crippen LogP contribution in [0.1, 0.15) is 0 Å². The maximum atomic E-state index is 12.0. The van der Waals surface area contributed by atoms with Gasteiger partial charge < -0.3 is 9.84 Å². The molecule has 0 saturated carbocycles. The van der Waals surface area contributed by atoms with Gasteiger partial charge >= 0.3 is 6.09 Å². The van der Waals surface area contributed by atoms with E-state index in [9.17, 15) is 9.90 Å². The SMILES string of the molecule is O=C(Nc1nccnc1-c1ccc(O)cc1)Oc1ccccc1. The van der Waals surface area contributed by atoms with E-state index in [1.807, 2.05) is 6.07 Å². The number of nitrogens with one attached hydrogen (secondary N) is 1. The number of para-hydroxylation sites is 1. The van der Waals surface area contributed by atoms with Crippen LogP contribution in [0.25, 0.3) is 11.3 Å². The Morgan fingerprint density at radius 2 is 1.65 bits per heavy atom. The highest BCUT2D eigenvalue weighted by atomic mass is 16.6. The standard InChI is InChI=1S/C17H13N3O3/c21-13-8-6-12(7-9-13)15-16(19-11-10-18-15)20-17(22)23-14-4-2-1-3-5-14/h1-11,21H,(H,19,20,22). The number of hydrogen-bond donors (Lipinski definition) is 2. The average Bonchev–Trinajstić information content (AvgIpc) is 2.57. The predicted molar refractivity (Wildman–Crippen MR) is 85.2 cm³/mol. The summed E-state index contributed by atoms with van der Waals surface area (Å²) in [6.45, 7) is 0. The molecular formula is C17H13N3O3. The summed E-state index contributed by atoms with van der Waals surface area (Å²) in [5.74, 6) is 0.856. The lowest BCUT2D eigenvalue weighted by Gasteiger charge is -2.09. The van der Waals surface area contributed by atoms with Gasteiger partial charge in [-0.1, -0.05) is 18.2 Å². The molecule has 1 aromatic heterocycles. The Kier molecular flexibility index (Phi) is 4.15. The number of amides is 1. The second-order valence-corrected chi connectivity index (χ2v) is 4.63. The number of phenols is 1. The summed E-state index contributed by atoms with van der Waals surface area (Å²) in [5, 5.41) is 11.9. The number of anilines is 1. The molecule has 2 N–H and O–H groups in total. The molecule has 3 rings (SSSR count). The molecule has 3 aromatic rings. The molecule has 23 heavy (non-hydrogen) atoms. The van der Waals surface area contributed by atoms with Crippen molar-refractivity contribution in [1.29, 1.82) is 0 Å². The molecule has 0 aliphatic heterocycles. The third-order valence-corrected chi connectivity index (χ3v) is 3.01. The molecule has 1 amide bonds. The molecule has 0 unspecified atom stereocenters. The molecule has 1 heterocycles. The highest BCUT2D eigenvalue weighted by molar-refractivity contribution is 5.89. The molecule has 0 bridgehead atoms. The summed E-state index contributed by atoms with van der Waals surface area (Å²) in [4.78, 5) is 20.3. The summed E-state index contributed by atoms with van der Waals surface area (Å²) in [5.41, 5.74) is 1.20. The maximum Gasteiger partial charge on any atom is 0.418 e. The number of aromatic nitrogens is 2. The van der Waals surface area contributed by atoms with Crippen LogP contribution >= 0.6 is 0 Å². The number of nitrogens with zero attached hydrogens (tertiary/aromatic N) is 2. The molecule has 0 spiro atoms. The first-order valence-electron chi connectivity index (χ1n) is 6.86. The number of hydrogen-bond acceptors (Lipinski definition) is 5. The topological polar surface area (TPSA) is 84.3 Å². The summed E-state index contributed by atoms with van der Waals surface area (Å²) in [6.07, 6.45) is 2.34. The van der Waals surface area contributed by atoms with Crippen LogP contribution in [0.4, 0.5) is 10.6 Å². The van der Waals surface area contributed by atoms with Gasteiger partial charge in [0.25, 0.3) is 0 Å². The predicted octanol–water partition coefficient (Wildman–Crippen LogP) is 3.46.